The Morgan fingerprint density at radius 2 is 1.93 bits per heavy atom. The topological polar surface area (TPSA) is 57.8 Å². The Balaban J connectivity index is 1.31. The van der Waals surface area contributed by atoms with Crippen LogP contribution in [0, 0.1) is 0 Å². The summed E-state index contributed by atoms with van der Waals surface area (Å²) in [6.07, 6.45) is 6.13. The minimum atomic E-state index is -0.342. The summed E-state index contributed by atoms with van der Waals surface area (Å²) in [4.78, 5) is 19.2. The molecule has 0 bridgehead atoms. The lowest BCUT2D eigenvalue weighted by Crippen LogP contribution is -2.49. The van der Waals surface area contributed by atoms with E-state index in [1.807, 2.05) is 39.8 Å². The molecule has 138 valence electrons. The van der Waals surface area contributed by atoms with Crippen LogP contribution in [-0.2, 0) is 23.1 Å². The summed E-state index contributed by atoms with van der Waals surface area (Å²) < 4.78 is 1.97. The summed E-state index contributed by atoms with van der Waals surface area (Å²) in [5.74, 6) is 0.135. The van der Waals surface area contributed by atoms with Gasteiger partial charge in [-0.3, -0.25) is 4.79 Å². The molecule has 1 atom stereocenters. The number of pyridine rings is 1. The Morgan fingerprint density at radius 3 is 2.78 bits per heavy atom. The van der Waals surface area contributed by atoms with Crippen LogP contribution in [0.25, 0.3) is 5.65 Å². The zero-order valence-electron chi connectivity index (χ0n) is 15.2. The molecule has 5 rings (SSSR count). The van der Waals surface area contributed by atoms with Crippen molar-refractivity contribution in [2.45, 2.75) is 37.2 Å². The van der Waals surface area contributed by atoms with E-state index in [0.29, 0.717) is 19.5 Å². The number of piperidine rings is 1. The third-order valence-electron chi connectivity index (χ3n) is 6.44. The fraction of sp³-hybridized carbons (Fsp3) is 0.364. The summed E-state index contributed by atoms with van der Waals surface area (Å²) in [7, 11) is 0. The van der Waals surface area contributed by atoms with Crippen LogP contribution in [0.5, 0.6) is 0 Å². The van der Waals surface area contributed by atoms with Crippen molar-refractivity contribution in [2.75, 3.05) is 13.1 Å². The Morgan fingerprint density at radius 1 is 1.15 bits per heavy atom. The molecular formula is C22H23N3O2. The zero-order chi connectivity index (χ0) is 18.4. The van der Waals surface area contributed by atoms with Gasteiger partial charge in [-0.15, -0.1) is 0 Å². The van der Waals surface area contributed by atoms with Gasteiger partial charge in [0.15, 0.2) is 0 Å². The number of hydrogen-bond acceptors (Lipinski definition) is 3. The fourth-order valence-electron chi connectivity index (χ4n) is 4.91. The number of aliphatic hydroxyl groups is 1. The smallest absolute Gasteiger partial charge is 0.228 e. The molecule has 27 heavy (non-hydrogen) atoms. The molecule has 0 radical (unpaired) electrons. The van der Waals surface area contributed by atoms with Crippen molar-refractivity contribution in [1.29, 1.82) is 0 Å². The van der Waals surface area contributed by atoms with Crippen LogP contribution in [0.4, 0.5) is 0 Å². The first-order chi connectivity index (χ1) is 13.2. The number of rotatable bonds is 2. The van der Waals surface area contributed by atoms with Crippen LogP contribution in [0.15, 0.2) is 54.9 Å². The Bertz CT molecular complexity index is 1000. The van der Waals surface area contributed by atoms with Gasteiger partial charge in [0.05, 0.1) is 18.2 Å². The average Bonchev–Trinajstić information content (AvgIpc) is 3.22. The van der Waals surface area contributed by atoms with Crippen LogP contribution >= 0.6 is 0 Å². The fourth-order valence-corrected chi connectivity index (χ4v) is 4.91. The average molecular weight is 361 g/mol. The van der Waals surface area contributed by atoms with E-state index < -0.39 is 0 Å². The van der Waals surface area contributed by atoms with E-state index in [-0.39, 0.29) is 17.4 Å². The van der Waals surface area contributed by atoms with Crippen LogP contribution in [-0.4, -0.2) is 44.5 Å². The quantitative estimate of drug-likeness (QED) is 0.762. The molecule has 2 aliphatic rings. The number of likely N-dealkylation sites (tertiary alicyclic amines) is 1. The number of hydrogen-bond donors (Lipinski definition) is 1. The monoisotopic (exact) mass is 361 g/mol. The maximum atomic E-state index is 12.9. The number of benzene rings is 1. The van der Waals surface area contributed by atoms with Crippen molar-refractivity contribution in [2.24, 2.45) is 0 Å². The van der Waals surface area contributed by atoms with E-state index in [4.69, 9.17) is 0 Å². The summed E-state index contributed by atoms with van der Waals surface area (Å²) in [6, 6.07) is 14.2. The van der Waals surface area contributed by atoms with Gasteiger partial charge in [-0.2, -0.15) is 0 Å². The molecule has 1 aliphatic heterocycles. The highest BCUT2D eigenvalue weighted by Gasteiger charge is 2.47. The third-order valence-corrected chi connectivity index (χ3v) is 6.44. The number of aromatic nitrogens is 2. The molecule has 0 unspecified atom stereocenters. The third kappa shape index (κ3) is 2.57. The molecule has 1 fully saturated rings. The van der Waals surface area contributed by atoms with Gasteiger partial charge in [0.25, 0.3) is 0 Å². The molecule has 1 N–H and O–H groups in total. The van der Waals surface area contributed by atoms with Crippen molar-refractivity contribution in [3.05, 3.63) is 71.7 Å². The summed E-state index contributed by atoms with van der Waals surface area (Å²) in [5.41, 5.74) is 4.14. The normalized spacial score (nSPS) is 20.9. The van der Waals surface area contributed by atoms with Crippen molar-refractivity contribution in [1.82, 2.24) is 14.3 Å². The predicted molar refractivity (Wildman–Crippen MR) is 103 cm³/mol. The number of carbonyl (C=O) groups is 1. The molecular weight excluding hydrogens is 338 g/mol. The molecule has 1 aliphatic carbocycles. The molecule has 5 heteroatoms. The van der Waals surface area contributed by atoms with Gasteiger partial charge in [0.2, 0.25) is 5.91 Å². The maximum Gasteiger partial charge on any atom is 0.228 e. The van der Waals surface area contributed by atoms with E-state index in [2.05, 4.69) is 23.2 Å². The van der Waals surface area contributed by atoms with E-state index in [1.54, 1.807) is 6.20 Å². The lowest BCUT2D eigenvalue weighted by molar-refractivity contribution is -0.132. The lowest BCUT2D eigenvalue weighted by atomic mass is 9.72. The van der Waals surface area contributed by atoms with Crippen molar-refractivity contribution < 1.29 is 9.90 Å². The highest BCUT2D eigenvalue weighted by Crippen LogP contribution is 2.46. The second-order valence-corrected chi connectivity index (χ2v) is 7.77. The number of nitrogens with zero attached hydrogens (tertiary/aromatic N) is 3. The van der Waals surface area contributed by atoms with Gasteiger partial charge in [0.1, 0.15) is 5.65 Å². The molecule has 3 aromatic rings. The molecule has 1 spiro atoms. The number of imidazole rings is 1. The first-order valence-corrected chi connectivity index (χ1v) is 9.62. The van der Waals surface area contributed by atoms with E-state index >= 15 is 0 Å². The first kappa shape index (κ1) is 16.5. The zero-order valence-corrected chi connectivity index (χ0v) is 15.2. The van der Waals surface area contributed by atoms with Gasteiger partial charge in [0, 0.05) is 30.9 Å². The molecule has 1 saturated heterocycles. The van der Waals surface area contributed by atoms with Gasteiger partial charge >= 0.3 is 0 Å². The molecule has 3 heterocycles. The Kier molecular flexibility index (Phi) is 3.79. The largest absolute Gasteiger partial charge is 0.392 e. The summed E-state index contributed by atoms with van der Waals surface area (Å²) in [6.45, 7) is 1.39. The highest BCUT2D eigenvalue weighted by atomic mass is 16.3. The lowest BCUT2D eigenvalue weighted by Gasteiger charge is -2.42. The summed E-state index contributed by atoms with van der Waals surface area (Å²) >= 11 is 0. The second-order valence-electron chi connectivity index (χ2n) is 7.77. The minimum Gasteiger partial charge on any atom is -0.392 e. The van der Waals surface area contributed by atoms with Crippen LogP contribution < -0.4 is 0 Å². The van der Waals surface area contributed by atoms with E-state index in [9.17, 15) is 9.90 Å². The predicted octanol–water partition coefficient (Wildman–Crippen LogP) is 2.35. The summed E-state index contributed by atoms with van der Waals surface area (Å²) in [5, 5.41) is 10.8. The second kappa shape index (κ2) is 6.20. The van der Waals surface area contributed by atoms with Crippen molar-refractivity contribution >= 4 is 11.6 Å². The standard InChI is InChI=1S/C22H23N3O2/c26-19-13-16-5-1-2-6-18(16)22(19)8-11-24(12-9-22)21(27)14-17-15-23-20-7-3-4-10-25(17)20/h1-7,10,15,19,26H,8-9,11-14H2/t19-/m0/s1. The van der Waals surface area contributed by atoms with Crippen molar-refractivity contribution in [3.8, 4) is 0 Å². The van der Waals surface area contributed by atoms with Crippen LogP contribution in [0.2, 0.25) is 0 Å². The van der Waals surface area contributed by atoms with Gasteiger partial charge in [-0.05, 0) is 42.5 Å². The van der Waals surface area contributed by atoms with Gasteiger partial charge < -0.3 is 14.4 Å². The number of amides is 1. The molecule has 2 aromatic heterocycles. The Hall–Kier alpha value is -2.66. The molecule has 1 aromatic carbocycles. The molecule has 0 saturated carbocycles. The van der Waals surface area contributed by atoms with E-state index in [0.717, 1.165) is 30.6 Å². The van der Waals surface area contributed by atoms with Crippen LogP contribution in [0.1, 0.15) is 29.7 Å². The highest BCUT2D eigenvalue weighted by molar-refractivity contribution is 5.78. The van der Waals surface area contributed by atoms with E-state index in [1.165, 1.54) is 11.1 Å². The molecule has 5 nitrogen and oxygen atoms in total. The van der Waals surface area contributed by atoms with Crippen molar-refractivity contribution in [3.63, 3.8) is 0 Å². The SMILES string of the molecule is O=C(Cc1cnc2ccccn12)N1CCC2(CC1)c1ccccc1C[C@@H]2O. The number of aliphatic hydroxyl groups excluding tert-OH is 1. The Labute approximate surface area is 158 Å². The molecule has 1 amide bonds. The number of carbonyl (C=O) groups excluding carboxylic acids is 1. The van der Waals surface area contributed by atoms with Gasteiger partial charge in [-0.1, -0.05) is 30.3 Å². The first-order valence-electron chi connectivity index (χ1n) is 9.62. The minimum absolute atomic E-state index is 0.135. The number of fused-ring (bicyclic) bond motifs is 3. The maximum absolute atomic E-state index is 12.9. The van der Waals surface area contributed by atoms with Gasteiger partial charge in [-0.25, -0.2) is 4.98 Å². The van der Waals surface area contributed by atoms with Crippen LogP contribution in [0.3, 0.4) is 0 Å².